The van der Waals surface area contributed by atoms with Crippen molar-refractivity contribution in [3.63, 3.8) is 0 Å². The Hall–Kier alpha value is -1.44. The first-order valence-electron chi connectivity index (χ1n) is 6.24. The molecule has 1 saturated carbocycles. The largest absolute Gasteiger partial charge is 0.329 e. The van der Waals surface area contributed by atoms with Gasteiger partial charge >= 0.3 is 0 Å². The summed E-state index contributed by atoms with van der Waals surface area (Å²) in [6.45, 7) is 1.35. The average molecular weight is 247 g/mol. The van der Waals surface area contributed by atoms with Crippen LogP contribution in [0.5, 0.6) is 0 Å². The first kappa shape index (κ1) is 13.0. The van der Waals surface area contributed by atoms with E-state index in [1.54, 1.807) is 12.1 Å². The van der Waals surface area contributed by atoms with Gasteiger partial charge in [0, 0.05) is 19.1 Å². The fourth-order valence-corrected chi connectivity index (χ4v) is 2.37. The van der Waals surface area contributed by atoms with Crippen molar-refractivity contribution < 1.29 is 4.39 Å². The molecule has 1 aliphatic rings. The van der Waals surface area contributed by atoms with Crippen LogP contribution < -0.4 is 5.73 Å². The molecule has 1 aromatic rings. The van der Waals surface area contributed by atoms with Crippen molar-refractivity contribution in [2.75, 3.05) is 13.6 Å². The minimum Gasteiger partial charge on any atom is -0.329 e. The molecule has 0 heterocycles. The van der Waals surface area contributed by atoms with Crippen LogP contribution in [0, 0.1) is 23.1 Å². The van der Waals surface area contributed by atoms with Gasteiger partial charge in [-0.15, -0.1) is 0 Å². The van der Waals surface area contributed by atoms with Crippen molar-refractivity contribution in [2.24, 2.45) is 11.7 Å². The van der Waals surface area contributed by atoms with Crippen molar-refractivity contribution in [2.45, 2.75) is 25.4 Å². The highest BCUT2D eigenvalue weighted by molar-refractivity contribution is 5.34. The van der Waals surface area contributed by atoms with Gasteiger partial charge in [0.2, 0.25) is 0 Å². The van der Waals surface area contributed by atoms with Crippen LogP contribution in [0.1, 0.15) is 24.0 Å². The summed E-state index contributed by atoms with van der Waals surface area (Å²) in [6.07, 6.45) is 2.50. The molecule has 1 aliphatic carbocycles. The van der Waals surface area contributed by atoms with Gasteiger partial charge in [-0.2, -0.15) is 5.26 Å². The van der Waals surface area contributed by atoms with E-state index in [1.807, 2.05) is 13.1 Å². The van der Waals surface area contributed by atoms with E-state index < -0.39 is 5.82 Å². The molecule has 0 amide bonds. The first-order chi connectivity index (χ1) is 8.65. The molecule has 3 nitrogen and oxygen atoms in total. The maximum atomic E-state index is 13.2. The van der Waals surface area contributed by atoms with Gasteiger partial charge < -0.3 is 5.73 Å². The number of rotatable bonds is 5. The van der Waals surface area contributed by atoms with Gasteiger partial charge in [-0.25, -0.2) is 4.39 Å². The van der Waals surface area contributed by atoms with Gasteiger partial charge in [-0.05, 0) is 43.5 Å². The second kappa shape index (κ2) is 5.47. The zero-order valence-electron chi connectivity index (χ0n) is 10.6. The van der Waals surface area contributed by atoms with Crippen LogP contribution in [0.2, 0.25) is 0 Å². The highest BCUT2D eigenvalue weighted by atomic mass is 19.1. The van der Waals surface area contributed by atoms with E-state index in [9.17, 15) is 4.39 Å². The van der Waals surface area contributed by atoms with Crippen molar-refractivity contribution in [1.82, 2.24) is 4.90 Å². The Bertz CT molecular complexity index is 463. The summed E-state index contributed by atoms with van der Waals surface area (Å²) in [4.78, 5) is 2.20. The number of likely N-dealkylation sites (N-methyl/N-ethyl adjacent to an activating group) is 1. The molecular weight excluding hydrogens is 229 g/mol. The van der Waals surface area contributed by atoms with E-state index in [4.69, 9.17) is 11.0 Å². The summed E-state index contributed by atoms with van der Waals surface area (Å²) < 4.78 is 13.2. The Morgan fingerprint density at radius 3 is 2.83 bits per heavy atom. The highest BCUT2D eigenvalue weighted by Crippen LogP contribution is 2.34. The lowest BCUT2D eigenvalue weighted by molar-refractivity contribution is 0.215. The second-order valence-electron chi connectivity index (χ2n) is 4.98. The average Bonchev–Trinajstić information content (AvgIpc) is 3.17. The molecule has 96 valence electrons. The molecule has 18 heavy (non-hydrogen) atoms. The summed E-state index contributed by atoms with van der Waals surface area (Å²) in [7, 11) is 2.03. The zero-order chi connectivity index (χ0) is 13.1. The third kappa shape index (κ3) is 2.87. The minimum absolute atomic E-state index is 0.108. The lowest BCUT2D eigenvalue weighted by Gasteiger charge is -2.27. The van der Waals surface area contributed by atoms with Gasteiger partial charge in [0.15, 0.2) is 0 Å². The molecule has 0 radical (unpaired) electrons. The molecule has 4 heteroatoms. The molecular formula is C14H18FN3. The molecule has 0 bridgehead atoms. The summed E-state index contributed by atoms with van der Waals surface area (Å²) >= 11 is 0. The summed E-state index contributed by atoms with van der Waals surface area (Å²) in [5.41, 5.74) is 6.86. The van der Waals surface area contributed by atoms with Crippen LogP contribution >= 0.6 is 0 Å². The maximum absolute atomic E-state index is 13.2. The summed E-state index contributed by atoms with van der Waals surface area (Å²) in [6, 6.07) is 6.96. The van der Waals surface area contributed by atoms with E-state index >= 15 is 0 Å². The fourth-order valence-electron chi connectivity index (χ4n) is 2.37. The molecule has 1 fully saturated rings. The molecule has 1 unspecified atom stereocenters. The van der Waals surface area contributed by atoms with Gasteiger partial charge in [-0.1, -0.05) is 6.07 Å². The van der Waals surface area contributed by atoms with Gasteiger partial charge in [-0.3, -0.25) is 4.90 Å². The van der Waals surface area contributed by atoms with E-state index in [0.29, 0.717) is 25.0 Å². The number of benzene rings is 1. The van der Waals surface area contributed by atoms with E-state index in [2.05, 4.69) is 4.90 Å². The zero-order valence-corrected chi connectivity index (χ0v) is 10.6. The topological polar surface area (TPSA) is 53.0 Å². The second-order valence-corrected chi connectivity index (χ2v) is 4.98. The third-order valence-corrected chi connectivity index (χ3v) is 3.56. The van der Waals surface area contributed by atoms with Crippen molar-refractivity contribution in [3.05, 3.63) is 35.1 Å². The standard InChI is InChI=1S/C14H18FN3/c1-18(14(8-17)11-3-4-11)9-10-2-5-13(15)12(6-10)7-16/h2,5-6,11,14H,3-4,8-9,17H2,1H3. The van der Waals surface area contributed by atoms with E-state index in [0.717, 1.165) is 5.56 Å². The summed E-state index contributed by atoms with van der Waals surface area (Å²) in [5.74, 6) is 0.248. The van der Waals surface area contributed by atoms with Crippen molar-refractivity contribution >= 4 is 0 Å². The summed E-state index contributed by atoms with van der Waals surface area (Å²) in [5, 5.41) is 8.81. The Balaban J connectivity index is 2.06. The fraction of sp³-hybridized carbons (Fsp3) is 0.500. The Kier molecular flexibility index (Phi) is 3.95. The Labute approximate surface area is 107 Å². The molecule has 2 N–H and O–H groups in total. The first-order valence-corrected chi connectivity index (χ1v) is 6.24. The molecule has 1 aromatic carbocycles. The number of nitriles is 1. The van der Waals surface area contributed by atoms with Crippen LogP contribution in [0.4, 0.5) is 4.39 Å². The van der Waals surface area contributed by atoms with Gasteiger partial charge in [0.25, 0.3) is 0 Å². The quantitative estimate of drug-likeness (QED) is 0.864. The normalized spacial score (nSPS) is 16.6. The highest BCUT2D eigenvalue weighted by Gasteiger charge is 2.32. The van der Waals surface area contributed by atoms with Crippen LogP contribution in [0.15, 0.2) is 18.2 Å². The molecule has 2 rings (SSSR count). The maximum Gasteiger partial charge on any atom is 0.140 e. The Morgan fingerprint density at radius 2 is 2.28 bits per heavy atom. The van der Waals surface area contributed by atoms with Gasteiger partial charge in [0.1, 0.15) is 11.9 Å². The molecule has 0 saturated heterocycles. The van der Waals surface area contributed by atoms with Crippen molar-refractivity contribution in [1.29, 1.82) is 5.26 Å². The lowest BCUT2D eigenvalue weighted by atomic mass is 10.1. The van der Waals surface area contributed by atoms with Gasteiger partial charge in [0.05, 0.1) is 5.56 Å². The van der Waals surface area contributed by atoms with Crippen LogP contribution in [-0.4, -0.2) is 24.5 Å². The third-order valence-electron chi connectivity index (χ3n) is 3.56. The predicted octanol–water partition coefficient (Wildman–Crippen LogP) is 1.87. The van der Waals surface area contributed by atoms with Crippen molar-refractivity contribution in [3.8, 4) is 6.07 Å². The van der Waals surface area contributed by atoms with E-state index in [1.165, 1.54) is 18.9 Å². The number of hydrogen-bond donors (Lipinski definition) is 1. The van der Waals surface area contributed by atoms with Crippen LogP contribution in [0.25, 0.3) is 0 Å². The van der Waals surface area contributed by atoms with Crippen LogP contribution in [0.3, 0.4) is 0 Å². The minimum atomic E-state index is -0.457. The van der Waals surface area contributed by atoms with E-state index in [-0.39, 0.29) is 5.56 Å². The molecule has 0 aliphatic heterocycles. The molecule has 0 aromatic heterocycles. The molecule has 1 atom stereocenters. The number of hydrogen-bond acceptors (Lipinski definition) is 3. The SMILES string of the molecule is CN(Cc1ccc(F)c(C#N)c1)C(CN)C1CC1. The molecule has 0 spiro atoms. The monoisotopic (exact) mass is 247 g/mol. The number of halogens is 1. The van der Waals surface area contributed by atoms with Crippen LogP contribution in [-0.2, 0) is 6.54 Å². The Morgan fingerprint density at radius 1 is 1.56 bits per heavy atom. The lowest BCUT2D eigenvalue weighted by Crippen LogP contribution is -2.39. The smallest absolute Gasteiger partial charge is 0.140 e. The number of nitrogens with two attached hydrogens (primary N) is 1. The predicted molar refractivity (Wildman–Crippen MR) is 68.1 cm³/mol. The number of nitrogens with zero attached hydrogens (tertiary/aromatic N) is 2.